The lowest BCUT2D eigenvalue weighted by Gasteiger charge is -1.93. The molecule has 0 aliphatic rings. The van der Waals surface area contributed by atoms with E-state index < -0.39 is 4.92 Å². The number of non-ortho nitro benzene ring substituents is 1. The van der Waals surface area contributed by atoms with Gasteiger partial charge in [-0.15, -0.1) is 0 Å². The van der Waals surface area contributed by atoms with Crippen LogP contribution >= 0.6 is 11.3 Å². The molecule has 1 heterocycles. The zero-order valence-corrected chi connectivity index (χ0v) is 10.1. The number of hydrogen-bond acceptors (Lipinski definition) is 4. The molecule has 0 amide bonds. The van der Waals surface area contributed by atoms with Crippen molar-refractivity contribution in [3.63, 3.8) is 0 Å². The molecule has 0 atom stereocenters. The lowest BCUT2D eigenvalue weighted by atomic mass is 10.1. The highest BCUT2D eigenvalue weighted by Crippen LogP contribution is 2.14. The maximum atomic E-state index is 11.7. The highest BCUT2D eigenvalue weighted by atomic mass is 32.1. The van der Waals surface area contributed by atoms with Gasteiger partial charge in [-0.05, 0) is 35.2 Å². The van der Waals surface area contributed by atoms with Crippen LogP contribution < -0.4 is 0 Å². The number of nitro benzene ring substituents is 1. The van der Waals surface area contributed by atoms with Crippen LogP contribution in [0.2, 0.25) is 0 Å². The van der Waals surface area contributed by atoms with Crippen LogP contribution in [0.1, 0.15) is 15.9 Å². The molecule has 90 valence electrons. The molecule has 5 heteroatoms. The van der Waals surface area contributed by atoms with Crippen LogP contribution in [0.4, 0.5) is 5.69 Å². The van der Waals surface area contributed by atoms with Crippen molar-refractivity contribution in [3.8, 4) is 0 Å². The number of ketones is 1. The Bertz CT molecular complexity index is 585. The van der Waals surface area contributed by atoms with Crippen LogP contribution in [0.5, 0.6) is 0 Å². The smallest absolute Gasteiger partial charge is 0.269 e. The van der Waals surface area contributed by atoms with Gasteiger partial charge in [0.2, 0.25) is 0 Å². The first-order valence-corrected chi connectivity index (χ1v) is 6.10. The van der Waals surface area contributed by atoms with Crippen LogP contribution in [0.15, 0.2) is 47.2 Å². The summed E-state index contributed by atoms with van der Waals surface area (Å²) in [5.74, 6) is -0.0744. The normalized spacial score (nSPS) is 10.7. The van der Waals surface area contributed by atoms with Crippen LogP contribution in [0.3, 0.4) is 0 Å². The Morgan fingerprint density at radius 2 is 1.94 bits per heavy atom. The van der Waals surface area contributed by atoms with Crippen molar-refractivity contribution in [2.75, 3.05) is 0 Å². The minimum absolute atomic E-state index is 0.0383. The number of rotatable bonds is 4. The maximum absolute atomic E-state index is 11.7. The fourth-order valence-electron chi connectivity index (χ4n) is 1.38. The number of allylic oxidation sites excluding steroid dienone is 1. The number of nitrogens with zero attached hydrogens (tertiary/aromatic N) is 1. The molecule has 0 radical (unpaired) electrons. The predicted octanol–water partition coefficient (Wildman–Crippen LogP) is 3.55. The molecule has 0 fully saturated rings. The molecule has 0 bridgehead atoms. The SMILES string of the molecule is O=C(C=Cc1ccc([N+](=O)[O-])cc1)c1ccsc1. The quantitative estimate of drug-likeness (QED) is 0.365. The minimum atomic E-state index is -0.454. The van der Waals surface area contributed by atoms with Crippen molar-refractivity contribution in [2.24, 2.45) is 0 Å². The number of carbonyl (C=O) groups is 1. The summed E-state index contributed by atoms with van der Waals surface area (Å²) in [5, 5.41) is 14.1. The van der Waals surface area contributed by atoms with Crippen molar-refractivity contribution < 1.29 is 9.72 Å². The fourth-order valence-corrected chi connectivity index (χ4v) is 2.03. The van der Waals surface area contributed by atoms with Crippen molar-refractivity contribution in [1.82, 2.24) is 0 Å². The molecule has 1 aromatic heterocycles. The van der Waals surface area contributed by atoms with E-state index in [9.17, 15) is 14.9 Å². The van der Waals surface area contributed by atoms with E-state index >= 15 is 0 Å². The Morgan fingerprint density at radius 1 is 1.22 bits per heavy atom. The van der Waals surface area contributed by atoms with Crippen LogP contribution in [0, 0.1) is 10.1 Å². The van der Waals surface area contributed by atoms with E-state index in [0.29, 0.717) is 5.56 Å². The first kappa shape index (κ1) is 12.2. The van der Waals surface area contributed by atoms with Gasteiger partial charge in [-0.3, -0.25) is 14.9 Å². The number of thiophene rings is 1. The molecule has 0 aliphatic heterocycles. The third kappa shape index (κ3) is 2.89. The van der Waals surface area contributed by atoms with Gasteiger partial charge in [-0.25, -0.2) is 0 Å². The third-order valence-corrected chi connectivity index (χ3v) is 3.02. The van der Waals surface area contributed by atoms with Gasteiger partial charge in [0.25, 0.3) is 5.69 Å². The summed E-state index contributed by atoms with van der Waals surface area (Å²) in [4.78, 5) is 21.7. The molecule has 1 aromatic carbocycles. The molecule has 0 saturated heterocycles. The zero-order chi connectivity index (χ0) is 13.0. The highest BCUT2D eigenvalue weighted by molar-refractivity contribution is 7.08. The summed E-state index contributed by atoms with van der Waals surface area (Å²) in [6, 6.07) is 7.79. The number of carbonyl (C=O) groups excluding carboxylic acids is 1. The van der Waals surface area contributed by atoms with E-state index in [-0.39, 0.29) is 11.5 Å². The van der Waals surface area contributed by atoms with Gasteiger partial charge in [0, 0.05) is 23.1 Å². The van der Waals surface area contributed by atoms with Crippen LogP contribution in [-0.2, 0) is 0 Å². The molecule has 2 rings (SSSR count). The zero-order valence-electron chi connectivity index (χ0n) is 9.28. The average molecular weight is 259 g/mol. The van der Waals surface area contributed by atoms with E-state index in [1.807, 2.05) is 5.38 Å². The van der Waals surface area contributed by atoms with E-state index in [4.69, 9.17) is 0 Å². The molecule has 18 heavy (non-hydrogen) atoms. The van der Waals surface area contributed by atoms with Crippen molar-refractivity contribution >= 4 is 28.9 Å². The van der Waals surface area contributed by atoms with E-state index in [1.54, 1.807) is 29.7 Å². The summed E-state index contributed by atoms with van der Waals surface area (Å²) >= 11 is 1.47. The number of hydrogen-bond donors (Lipinski definition) is 0. The van der Waals surface area contributed by atoms with Gasteiger partial charge < -0.3 is 0 Å². The van der Waals surface area contributed by atoms with E-state index in [1.165, 1.54) is 29.5 Å². The second-order valence-corrected chi connectivity index (χ2v) is 4.34. The van der Waals surface area contributed by atoms with Gasteiger partial charge in [0.05, 0.1) is 4.92 Å². The Morgan fingerprint density at radius 3 is 2.50 bits per heavy atom. The number of nitro groups is 1. The number of benzene rings is 1. The summed E-state index contributed by atoms with van der Waals surface area (Å²) in [7, 11) is 0. The summed E-state index contributed by atoms with van der Waals surface area (Å²) in [6.45, 7) is 0. The highest BCUT2D eigenvalue weighted by Gasteiger charge is 2.03. The lowest BCUT2D eigenvalue weighted by Crippen LogP contribution is -1.90. The molecule has 0 N–H and O–H groups in total. The molecular formula is C13H9NO3S. The molecule has 0 saturated carbocycles. The molecule has 4 nitrogen and oxygen atoms in total. The molecule has 2 aromatic rings. The van der Waals surface area contributed by atoms with Gasteiger partial charge in [0.1, 0.15) is 0 Å². The summed E-state index contributed by atoms with van der Waals surface area (Å²) in [6.07, 6.45) is 3.10. The second-order valence-electron chi connectivity index (χ2n) is 3.56. The first-order chi connectivity index (χ1) is 8.66. The fraction of sp³-hybridized carbons (Fsp3) is 0. The van der Waals surface area contributed by atoms with E-state index in [0.717, 1.165) is 5.56 Å². The third-order valence-electron chi connectivity index (χ3n) is 2.34. The molecular weight excluding hydrogens is 250 g/mol. The first-order valence-electron chi connectivity index (χ1n) is 5.16. The predicted molar refractivity (Wildman–Crippen MR) is 70.8 cm³/mol. The van der Waals surface area contributed by atoms with Crippen molar-refractivity contribution in [1.29, 1.82) is 0 Å². The Labute approximate surface area is 107 Å². The van der Waals surface area contributed by atoms with Crippen LogP contribution in [0.25, 0.3) is 6.08 Å². The molecule has 0 aliphatic carbocycles. The summed E-state index contributed by atoms with van der Waals surface area (Å²) in [5.41, 5.74) is 1.44. The van der Waals surface area contributed by atoms with E-state index in [2.05, 4.69) is 0 Å². The van der Waals surface area contributed by atoms with Gasteiger partial charge >= 0.3 is 0 Å². The Hall–Kier alpha value is -2.27. The lowest BCUT2D eigenvalue weighted by molar-refractivity contribution is -0.384. The second kappa shape index (κ2) is 5.37. The van der Waals surface area contributed by atoms with Gasteiger partial charge in [-0.1, -0.05) is 6.08 Å². The standard InChI is InChI=1S/C13H9NO3S/c15-13(11-7-8-18-9-11)6-3-10-1-4-12(5-2-10)14(16)17/h1-9H. The molecule has 0 unspecified atom stereocenters. The Kier molecular flexibility index (Phi) is 3.64. The maximum Gasteiger partial charge on any atom is 0.269 e. The van der Waals surface area contributed by atoms with Crippen molar-refractivity contribution in [3.05, 3.63) is 68.4 Å². The van der Waals surface area contributed by atoms with Crippen molar-refractivity contribution in [2.45, 2.75) is 0 Å². The van der Waals surface area contributed by atoms with Gasteiger partial charge in [0.15, 0.2) is 5.78 Å². The molecule has 0 spiro atoms. The minimum Gasteiger partial charge on any atom is -0.289 e. The Balaban J connectivity index is 2.09. The monoisotopic (exact) mass is 259 g/mol. The van der Waals surface area contributed by atoms with Crippen LogP contribution in [-0.4, -0.2) is 10.7 Å². The topological polar surface area (TPSA) is 60.2 Å². The average Bonchev–Trinajstić information content (AvgIpc) is 2.90. The largest absolute Gasteiger partial charge is 0.289 e. The van der Waals surface area contributed by atoms with Gasteiger partial charge in [-0.2, -0.15) is 11.3 Å². The summed E-state index contributed by atoms with van der Waals surface area (Å²) < 4.78 is 0.